The minimum atomic E-state index is -0.100. The van der Waals surface area contributed by atoms with Crippen molar-refractivity contribution in [2.24, 2.45) is 5.41 Å². The lowest BCUT2D eigenvalue weighted by Gasteiger charge is -2.36. The molecule has 1 nitrogen and oxygen atoms in total. The first-order valence-electron chi connectivity index (χ1n) is 14.0. The quantitative estimate of drug-likeness (QED) is 0.218. The zero-order valence-corrected chi connectivity index (χ0v) is 22.4. The zero-order chi connectivity index (χ0) is 26.2. The van der Waals surface area contributed by atoms with E-state index in [0.29, 0.717) is 6.61 Å². The normalized spacial score (nSPS) is 20.8. The fourth-order valence-corrected chi connectivity index (χ4v) is 7.56. The van der Waals surface area contributed by atoms with Crippen LogP contribution in [0.25, 0.3) is 44.0 Å². The van der Waals surface area contributed by atoms with Crippen LogP contribution in [0.1, 0.15) is 37.0 Å². The highest BCUT2D eigenvalue weighted by Gasteiger charge is 2.53. The zero-order valence-electron chi connectivity index (χ0n) is 22.4. The minimum absolute atomic E-state index is 0.0468. The van der Waals surface area contributed by atoms with Gasteiger partial charge in [-0.1, -0.05) is 135 Å². The number of rotatable bonds is 2. The standard InChI is InChI=1S/C38H30O/c1-37(2)32-19-11-10-18-31(32)35-36(37)38(24-39-35)22-20-26(21-23-38)34-29-16-8-6-14-27(29)33(25-12-4-3-5-13-25)28-15-7-9-17-30(28)34/h3-22H,23-24H2,1-2H3. The predicted octanol–water partition coefficient (Wildman–Crippen LogP) is 9.72. The molecule has 0 saturated carbocycles. The highest BCUT2D eigenvalue weighted by Crippen LogP contribution is 2.60. The molecule has 0 saturated heterocycles. The van der Waals surface area contributed by atoms with E-state index in [0.717, 1.165) is 12.2 Å². The van der Waals surface area contributed by atoms with Gasteiger partial charge in [0.1, 0.15) is 12.4 Å². The van der Waals surface area contributed by atoms with E-state index in [-0.39, 0.29) is 10.8 Å². The first kappa shape index (κ1) is 22.6. The van der Waals surface area contributed by atoms with Gasteiger partial charge < -0.3 is 4.74 Å². The molecule has 0 amide bonds. The van der Waals surface area contributed by atoms with Crippen LogP contribution in [0.2, 0.25) is 0 Å². The third-order valence-corrected chi connectivity index (χ3v) is 9.22. The van der Waals surface area contributed by atoms with Gasteiger partial charge in [0.05, 0.1) is 5.41 Å². The summed E-state index contributed by atoms with van der Waals surface area (Å²) >= 11 is 0. The van der Waals surface area contributed by atoms with Crippen LogP contribution in [0, 0.1) is 5.41 Å². The Kier molecular flexibility index (Phi) is 4.68. The van der Waals surface area contributed by atoms with Gasteiger partial charge in [-0.25, -0.2) is 0 Å². The van der Waals surface area contributed by atoms with Gasteiger partial charge in [0.15, 0.2) is 0 Å². The molecule has 1 spiro atoms. The average molecular weight is 503 g/mol. The van der Waals surface area contributed by atoms with Gasteiger partial charge >= 0.3 is 0 Å². The first-order chi connectivity index (χ1) is 19.1. The Morgan fingerprint density at radius 2 is 1.23 bits per heavy atom. The molecule has 0 radical (unpaired) electrons. The number of ether oxygens (including phenoxy) is 1. The van der Waals surface area contributed by atoms with Gasteiger partial charge in [0, 0.05) is 11.0 Å². The van der Waals surface area contributed by atoms with Gasteiger partial charge in [0.25, 0.3) is 0 Å². The van der Waals surface area contributed by atoms with Crippen LogP contribution in [0.4, 0.5) is 0 Å². The number of benzene rings is 5. The average Bonchev–Trinajstić information content (AvgIpc) is 3.47. The molecule has 5 aromatic carbocycles. The lowest BCUT2D eigenvalue weighted by atomic mass is 9.65. The van der Waals surface area contributed by atoms with E-state index in [9.17, 15) is 0 Å². The molecule has 1 heterocycles. The Bertz CT molecular complexity index is 1840. The molecule has 3 aliphatic rings. The summed E-state index contributed by atoms with van der Waals surface area (Å²) in [5, 5.41) is 5.21. The van der Waals surface area contributed by atoms with Crippen LogP contribution in [0.15, 0.2) is 127 Å². The fraction of sp³-hybridized carbons (Fsp3) is 0.158. The molecule has 0 bridgehead atoms. The molecule has 1 aliphatic heterocycles. The maximum atomic E-state index is 6.48. The summed E-state index contributed by atoms with van der Waals surface area (Å²) in [7, 11) is 0. The van der Waals surface area contributed by atoms with E-state index >= 15 is 0 Å². The lowest BCUT2D eigenvalue weighted by molar-refractivity contribution is 0.221. The highest BCUT2D eigenvalue weighted by molar-refractivity contribution is 6.19. The topological polar surface area (TPSA) is 9.23 Å². The van der Waals surface area contributed by atoms with Crippen molar-refractivity contribution >= 4 is 32.9 Å². The second-order valence-electron chi connectivity index (χ2n) is 11.7. The number of allylic oxidation sites excluding steroid dienone is 3. The second kappa shape index (κ2) is 8.07. The van der Waals surface area contributed by atoms with Gasteiger partial charge in [-0.05, 0) is 61.4 Å². The molecular formula is C38H30O. The monoisotopic (exact) mass is 502 g/mol. The van der Waals surface area contributed by atoms with Crippen LogP contribution in [0.3, 0.4) is 0 Å². The van der Waals surface area contributed by atoms with E-state index in [1.165, 1.54) is 60.5 Å². The van der Waals surface area contributed by atoms with Crippen molar-refractivity contribution in [3.63, 3.8) is 0 Å². The fourth-order valence-electron chi connectivity index (χ4n) is 7.56. The molecule has 1 heteroatoms. The summed E-state index contributed by atoms with van der Waals surface area (Å²) in [6.07, 6.45) is 8.23. The summed E-state index contributed by atoms with van der Waals surface area (Å²) in [5.41, 5.74) is 9.14. The van der Waals surface area contributed by atoms with Crippen LogP contribution >= 0.6 is 0 Å². The van der Waals surface area contributed by atoms with Crippen molar-refractivity contribution in [1.82, 2.24) is 0 Å². The van der Waals surface area contributed by atoms with Gasteiger partial charge in [-0.3, -0.25) is 0 Å². The molecule has 39 heavy (non-hydrogen) atoms. The summed E-state index contributed by atoms with van der Waals surface area (Å²) in [4.78, 5) is 0. The smallest absolute Gasteiger partial charge is 0.127 e. The van der Waals surface area contributed by atoms with Crippen molar-refractivity contribution in [2.45, 2.75) is 25.7 Å². The van der Waals surface area contributed by atoms with Crippen LogP contribution in [-0.4, -0.2) is 6.61 Å². The van der Waals surface area contributed by atoms with Gasteiger partial charge in [-0.2, -0.15) is 0 Å². The maximum Gasteiger partial charge on any atom is 0.127 e. The summed E-state index contributed by atoms with van der Waals surface area (Å²) < 4.78 is 6.48. The van der Waals surface area contributed by atoms with E-state index in [1.54, 1.807) is 0 Å². The number of fused-ring (bicyclic) bond motifs is 5. The minimum Gasteiger partial charge on any atom is -0.492 e. The summed E-state index contributed by atoms with van der Waals surface area (Å²) in [5.74, 6) is 1.11. The van der Waals surface area contributed by atoms with Crippen LogP contribution in [-0.2, 0) is 10.2 Å². The van der Waals surface area contributed by atoms with Crippen molar-refractivity contribution in [1.29, 1.82) is 0 Å². The Labute approximate surface area is 229 Å². The largest absolute Gasteiger partial charge is 0.492 e. The Balaban J connectivity index is 1.30. The van der Waals surface area contributed by atoms with E-state index in [2.05, 4.69) is 135 Å². The number of hydrogen-bond acceptors (Lipinski definition) is 1. The summed E-state index contributed by atoms with van der Waals surface area (Å²) in [6, 6.07) is 37.4. The molecule has 5 aromatic rings. The van der Waals surface area contributed by atoms with Crippen LogP contribution in [0.5, 0.6) is 0 Å². The van der Waals surface area contributed by atoms with Crippen molar-refractivity contribution in [3.8, 4) is 11.1 Å². The molecule has 1 unspecified atom stereocenters. The SMILES string of the molecule is CC1(C)C2=C(OCC23C=CC(c2c4ccccc4c(-c4ccccc4)c4ccccc24)=CC3)c2ccccc21. The second-order valence-corrected chi connectivity index (χ2v) is 11.7. The molecule has 0 aromatic heterocycles. The Hall–Kier alpha value is -4.36. The maximum absolute atomic E-state index is 6.48. The molecule has 1 atom stereocenters. The van der Waals surface area contributed by atoms with E-state index in [4.69, 9.17) is 4.74 Å². The van der Waals surface area contributed by atoms with Crippen molar-refractivity contribution < 1.29 is 4.74 Å². The Morgan fingerprint density at radius 1 is 0.641 bits per heavy atom. The van der Waals surface area contributed by atoms with Crippen LogP contribution < -0.4 is 0 Å². The molecule has 0 fully saturated rings. The molecule has 0 N–H and O–H groups in total. The third-order valence-electron chi connectivity index (χ3n) is 9.22. The molecule has 188 valence electrons. The molecule has 2 aliphatic carbocycles. The number of hydrogen-bond donors (Lipinski definition) is 0. The summed E-state index contributed by atoms with van der Waals surface area (Å²) in [6.45, 7) is 5.44. The van der Waals surface area contributed by atoms with Gasteiger partial charge in [-0.15, -0.1) is 0 Å². The predicted molar refractivity (Wildman–Crippen MR) is 163 cm³/mol. The van der Waals surface area contributed by atoms with E-state index in [1.807, 2.05) is 0 Å². The van der Waals surface area contributed by atoms with Crippen molar-refractivity contribution in [2.75, 3.05) is 6.61 Å². The highest BCUT2D eigenvalue weighted by atomic mass is 16.5. The van der Waals surface area contributed by atoms with E-state index < -0.39 is 0 Å². The van der Waals surface area contributed by atoms with Gasteiger partial charge in [0.2, 0.25) is 0 Å². The lowest BCUT2D eigenvalue weighted by Crippen LogP contribution is -2.32. The molecular weight excluding hydrogens is 472 g/mol. The Morgan fingerprint density at radius 3 is 1.87 bits per heavy atom. The third kappa shape index (κ3) is 3.08. The molecule has 8 rings (SSSR count). The first-order valence-corrected chi connectivity index (χ1v) is 14.0. The van der Waals surface area contributed by atoms with Crippen molar-refractivity contribution in [3.05, 3.63) is 144 Å².